The van der Waals surface area contributed by atoms with Crippen molar-refractivity contribution in [3.8, 4) is 0 Å². The molecule has 0 aromatic heterocycles. The van der Waals surface area contributed by atoms with Crippen molar-refractivity contribution in [2.45, 2.75) is 38.2 Å². The summed E-state index contributed by atoms with van der Waals surface area (Å²) >= 11 is 5.75. The second-order valence-electron chi connectivity index (χ2n) is 5.35. The van der Waals surface area contributed by atoms with Gasteiger partial charge in [0.2, 0.25) is 0 Å². The number of hydrogen-bond donors (Lipinski definition) is 0. The molecular weight excluding hydrogens is 370 g/mol. The monoisotopic (exact) mass is 394 g/mol. The molecule has 2 aromatic carbocycles. The summed E-state index contributed by atoms with van der Waals surface area (Å²) in [5.41, 5.74) is 0.912. The lowest BCUT2D eigenvalue weighted by Crippen LogP contribution is -2.14. The molecule has 2 nitrogen and oxygen atoms in total. The van der Waals surface area contributed by atoms with Gasteiger partial charge in [0, 0.05) is 11.1 Å². The van der Waals surface area contributed by atoms with Crippen LogP contribution in [0.4, 0.5) is 8.78 Å². The average molecular weight is 395 g/mol. The first kappa shape index (κ1) is 24.7. The van der Waals surface area contributed by atoms with Crippen LogP contribution in [0.2, 0.25) is 0 Å². The Morgan fingerprint density at radius 3 is 1.81 bits per heavy atom. The van der Waals surface area contributed by atoms with E-state index < -0.39 is 17.3 Å². The largest absolute Gasteiger partial charge is 0.293 e. The number of rotatable bonds is 6. The molecule has 0 N–H and O–H groups in total. The highest BCUT2D eigenvalue weighted by molar-refractivity contribution is 6.33. The summed E-state index contributed by atoms with van der Waals surface area (Å²) in [6, 6.07) is 13.9. The molecule has 0 saturated carbocycles. The van der Waals surface area contributed by atoms with Crippen LogP contribution in [-0.4, -0.2) is 23.1 Å². The number of Topliss-reactive ketones (excluding diaryl/α,β-unsaturated/α-hetero) is 2. The van der Waals surface area contributed by atoms with E-state index >= 15 is 0 Å². The number of benzene rings is 2. The van der Waals surface area contributed by atoms with Gasteiger partial charge in [-0.2, -0.15) is 0 Å². The summed E-state index contributed by atoms with van der Waals surface area (Å²) in [5.74, 6) is -0.915. The summed E-state index contributed by atoms with van der Waals surface area (Å²) in [6.07, 6.45) is -0.529. The molecule has 0 aliphatic rings. The van der Waals surface area contributed by atoms with E-state index in [2.05, 4.69) is 13.2 Å². The van der Waals surface area contributed by atoms with Gasteiger partial charge in [0.05, 0.1) is 5.38 Å². The van der Waals surface area contributed by atoms with Crippen LogP contribution in [0.3, 0.4) is 0 Å². The van der Waals surface area contributed by atoms with Crippen molar-refractivity contribution in [2.75, 3.05) is 0 Å². The van der Waals surface area contributed by atoms with Gasteiger partial charge in [0.15, 0.2) is 17.7 Å². The Balaban J connectivity index is 0.000000460. The maximum atomic E-state index is 12.9. The Labute approximate surface area is 164 Å². The lowest BCUT2D eigenvalue weighted by atomic mass is 10.1. The van der Waals surface area contributed by atoms with E-state index in [0.717, 1.165) is 0 Å². The number of alkyl halides is 2. The van der Waals surface area contributed by atoms with Gasteiger partial charge < -0.3 is 0 Å². The van der Waals surface area contributed by atoms with Gasteiger partial charge in [-0.05, 0) is 37.1 Å². The zero-order valence-corrected chi connectivity index (χ0v) is 16.4. The van der Waals surface area contributed by atoms with Crippen LogP contribution < -0.4 is 0 Å². The highest BCUT2D eigenvalue weighted by atomic mass is 35.5. The number of halogens is 3. The minimum absolute atomic E-state index is 0.149. The zero-order valence-electron chi connectivity index (χ0n) is 15.6. The van der Waals surface area contributed by atoms with Crippen molar-refractivity contribution in [1.82, 2.24) is 0 Å². The minimum Gasteiger partial charge on any atom is -0.293 e. The van der Waals surface area contributed by atoms with Crippen LogP contribution in [0.25, 0.3) is 0 Å². The first-order valence-corrected chi connectivity index (χ1v) is 9.01. The quantitative estimate of drug-likeness (QED) is 0.320. The smallest absolute Gasteiger partial charge is 0.196 e. The molecule has 0 amide bonds. The summed E-state index contributed by atoms with van der Waals surface area (Å²) < 4.78 is 25.4. The normalized spacial score (nSPS) is 11.7. The molecule has 0 heterocycles. The SMILES string of the molecule is C=C.CCC(Cl)C(=O)c1ccc(F)cc1.CCC(F)C(=O)c1ccccc1. The highest BCUT2D eigenvalue weighted by Gasteiger charge is 2.16. The lowest BCUT2D eigenvalue weighted by Gasteiger charge is -2.04. The number of carbonyl (C=O) groups is 2. The van der Waals surface area contributed by atoms with Crippen molar-refractivity contribution in [1.29, 1.82) is 0 Å². The topological polar surface area (TPSA) is 34.1 Å². The maximum Gasteiger partial charge on any atom is 0.196 e. The third-order valence-corrected chi connectivity index (χ3v) is 3.98. The van der Waals surface area contributed by atoms with E-state index in [1.54, 1.807) is 37.3 Å². The standard InChI is InChI=1S/C10H10ClFO.C10H11FO.C2H4/c1-2-9(11)10(13)7-3-5-8(12)6-4-7;1-2-9(11)10(12)8-6-4-3-5-7-8;1-2/h3-6,9H,2H2,1H3;3-7,9H,2H2,1H3;1-2H2. The predicted octanol–water partition coefficient (Wildman–Crippen LogP) is 6.45. The average Bonchev–Trinajstić information content (AvgIpc) is 2.74. The third kappa shape index (κ3) is 8.74. The second-order valence-corrected chi connectivity index (χ2v) is 5.88. The molecular formula is C22H25ClF2O2. The predicted molar refractivity (Wildman–Crippen MR) is 108 cm³/mol. The maximum absolute atomic E-state index is 12.9. The van der Waals surface area contributed by atoms with Crippen LogP contribution >= 0.6 is 11.6 Å². The lowest BCUT2D eigenvalue weighted by molar-refractivity contribution is 0.0873. The van der Waals surface area contributed by atoms with Gasteiger partial charge >= 0.3 is 0 Å². The Morgan fingerprint density at radius 2 is 1.37 bits per heavy atom. The first-order chi connectivity index (χ1) is 12.9. The van der Waals surface area contributed by atoms with Gasteiger partial charge in [-0.25, -0.2) is 8.78 Å². The van der Waals surface area contributed by atoms with E-state index in [9.17, 15) is 18.4 Å². The Morgan fingerprint density at radius 1 is 0.889 bits per heavy atom. The molecule has 2 unspecified atom stereocenters. The fourth-order valence-electron chi connectivity index (χ4n) is 1.95. The van der Waals surface area contributed by atoms with Crippen molar-refractivity contribution in [2.24, 2.45) is 0 Å². The summed E-state index contributed by atoms with van der Waals surface area (Å²) in [4.78, 5) is 22.6. The fourth-order valence-corrected chi connectivity index (χ4v) is 2.08. The van der Waals surface area contributed by atoms with Crippen molar-refractivity contribution in [3.05, 3.63) is 84.7 Å². The van der Waals surface area contributed by atoms with E-state index in [-0.39, 0.29) is 18.0 Å². The van der Waals surface area contributed by atoms with Gasteiger partial charge in [-0.15, -0.1) is 24.8 Å². The Hall–Kier alpha value is -2.33. The zero-order chi connectivity index (χ0) is 20.8. The molecule has 0 radical (unpaired) electrons. The van der Waals surface area contributed by atoms with Crippen LogP contribution in [0.1, 0.15) is 47.4 Å². The Kier molecular flexibility index (Phi) is 12.6. The molecule has 0 saturated heterocycles. The summed E-state index contributed by atoms with van der Waals surface area (Å²) in [6.45, 7) is 9.49. The molecule has 0 bridgehead atoms. The van der Waals surface area contributed by atoms with Crippen LogP contribution in [0, 0.1) is 5.82 Å². The molecule has 2 rings (SSSR count). The van der Waals surface area contributed by atoms with E-state index in [1.165, 1.54) is 24.3 Å². The summed E-state index contributed by atoms with van der Waals surface area (Å²) in [7, 11) is 0. The second kappa shape index (κ2) is 13.8. The third-order valence-electron chi connectivity index (χ3n) is 3.47. The van der Waals surface area contributed by atoms with Gasteiger partial charge in [-0.1, -0.05) is 44.2 Å². The molecule has 27 heavy (non-hydrogen) atoms. The molecule has 5 heteroatoms. The van der Waals surface area contributed by atoms with E-state index in [0.29, 0.717) is 17.5 Å². The number of carbonyl (C=O) groups excluding carboxylic acids is 2. The number of hydrogen-bond acceptors (Lipinski definition) is 2. The first-order valence-electron chi connectivity index (χ1n) is 8.57. The summed E-state index contributed by atoms with van der Waals surface area (Å²) in [5, 5.41) is -0.509. The molecule has 146 valence electrons. The molecule has 0 spiro atoms. The van der Waals surface area contributed by atoms with E-state index in [4.69, 9.17) is 11.6 Å². The van der Waals surface area contributed by atoms with Crippen molar-refractivity contribution < 1.29 is 18.4 Å². The fraction of sp³-hybridized carbons (Fsp3) is 0.273. The number of ketones is 2. The Bertz CT molecular complexity index is 687. The highest BCUT2D eigenvalue weighted by Crippen LogP contribution is 2.12. The molecule has 0 fully saturated rings. The van der Waals surface area contributed by atoms with Gasteiger partial charge in [0.25, 0.3) is 0 Å². The van der Waals surface area contributed by atoms with Gasteiger partial charge in [0.1, 0.15) is 5.82 Å². The van der Waals surface area contributed by atoms with Crippen molar-refractivity contribution >= 4 is 23.2 Å². The molecule has 2 aromatic rings. The molecule has 2 atom stereocenters. The van der Waals surface area contributed by atoms with Crippen LogP contribution in [-0.2, 0) is 0 Å². The van der Waals surface area contributed by atoms with Crippen LogP contribution in [0.5, 0.6) is 0 Å². The van der Waals surface area contributed by atoms with E-state index in [1.807, 2.05) is 6.92 Å². The van der Waals surface area contributed by atoms with Gasteiger partial charge in [-0.3, -0.25) is 9.59 Å². The van der Waals surface area contributed by atoms with Crippen LogP contribution in [0.15, 0.2) is 67.8 Å². The molecule has 0 aliphatic heterocycles. The minimum atomic E-state index is -1.35. The molecule has 0 aliphatic carbocycles. The van der Waals surface area contributed by atoms with Crippen molar-refractivity contribution in [3.63, 3.8) is 0 Å².